The summed E-state index contributed by atoms with van der Waals surface area (Å²) in [7, 11) is 0. The first kappa shape index (κ1) is 10.2. The van der Waals surface area contributed by atoms with Crippen molar-refractivity contribution in [1.29, 1.82) is 0 Å². The van der Waals surface area contributed by atoms with Gasteiger partial charge in [0, 0.05) is 12.1 Å². The van der Waals surface area contributed by atoms with Crippen molar-refractivity contribution in [3.63, 3.8) is 0 Å². The zero-order valence-corrected chi connectivity index (χ0v) is 9.86. The number of rotatable bonds is 4. The predicted octanol–water partition coefficient (Wildman–Crippen LogP) is 2.05. The van der Waals surface area contributed by atoms with Gasteiger partial charge in [-0.15, -0.1) is 0 Å². The first-order valence-corrected chi connectivity index (χ1v) is 6.14. The Bertz CT molecular complexity index is 207. The summed E-state index contributed by atoms with van der Waals surface area (Å²) in [6, 6.07) is 1.11. The van der Waals surface area contributed by atoms with Gasteiger partial charge in [0.2, 0.25) is 0 Å². The van der Waals surface area contributed by atoms with Crippen molar-refractivity contribution in [3.8, 4) is 0 Å². The van der Waals surface area contributed by atoms with E-state index in [0.717, 1.165) is 16.9 Å². The molecule has 0 aliphatic heterocycles. The zero-order chi connectivity index (χ0) is 10.1. The van der Waals surface area contributed by atoms with E-state index in [4.69, 9.17) is 12.2 Å². The molecule has 0 amide bonds. The van der Waals surface area contributed by atoms with Crippen LogP contribution < -0.4 is 10.6 Å². The van der Waals surface area contributed by atoms with Gasteiger partial charge in [-0.25, -0.2) is 0 Å². The second-order valence-corrected chi connectivity index (χ2v) is 5.38. The largest absolute Gasteiger partial charge is 0.361 e. The maximum absolute atomic E-state index is 5.28. The fourth-order valence-corrected chi connectivity index (χ4v) is 2.36. The van der Waals surface area contributed by atoms with Crippen LogP contribution in [0.1, 0.15) is 39.5 Å². The van der Waals surface area contributed by atoms with Gasteiger partial charge >= 0.3 is 0 Å². The lowest BCUT2D eigenvalue weighted by molar-refractivity contribution is 0.476. The predicted molar refractivity (Wildman–Crippen MR) is 63.2 cm³/mol. The van der Waals surface area contributed by atoms with Gasteiger partial charge < -0.3 is 10.6 Å². The van der Waals surface area contributed by atoms with Crippen molar-refractivity contribution in [2.45, 2.75) is 51.6 Å². The first-order chi connectivity index (χ1) is 6.66. The summed E-state index contributed by atoms with van der Waals surface area (Å²) in [5, 5.41) is 7.60. The van der Waals surface area contributed by atoms with Crippen LogP contribution in [0.25, 0.3) is 0 Å². The molecule has 2 saturated carbocycles. The zero-order valence-electron chi connectivity index (χ0n) is 9.05. The molecule has 0 atom stereocenters. The molecule has 2 N–H and O–H groups in total. The third kappa shape index (κ3) is 2.84. The Balaban J connectivity index is 1.78. The summed E-state index contributed by atoms with van der Waals surface area (Å²) in [6.45, 7) is 4.24. The van der Waals surface area contributed by atoms with Crippen LogP contribution in [-0.2, 0) is 0 Å². The van der Waals surface area contributed by atoms with Crippen LogP contribution in [0.4, 0.5) is 0 Å². The molecule has 0 radical (unpaired) electrons. The van der Waals surface area contributed by atoms with E-state index in [2.05, 4.69) is 24.5 Å². The molecule has 0 heterocycles. The van der Waals surface area contributed by atoms with E-state index >= 15 is 0 Å². The van der Waals surface area contributed by atoms with Crippen molar-refractivity contribution < 1.29 is 0 Å². The first-order valence-electron chi connectivity index (χ1n) is 5.74. The molecule has 3 heteroatoms. The van der Waals surface area contributed by atoms with E-state index in [0.29, 0.717) is 12.1 Å². The number of thiocarbonyl (C=S) groups is 1. The van der Waals surface area contributed by atoms with E-state index in [1.54, 1.807) is 0 Å². The molecule has 14 heavy (non-hydrogen) atoms. The number of hydrogen-bond donors (Lipinski definition) is 2. The van der Waals surface area contributed by atoms with E-state index in [1.165, 1.54) is 25.7 Å². The SMILES string of the molecule is CC(C)NC(=S)NC(C1CC1)C1CC1. The molecular weight excluding hydrogens is 192 g/mol. The fraction of sp³-hybridized carbons (Fsp3) is 0.909. The molecule has 80 valence electrons. The highest BCUT2D eigenvalue weighted by atomic mass is 32.1. The summed E-state index contributed by atoms with van der Waals surface area (Å²) in [5.74, 6) is 1.82. The molecule has 2 nitrogen and oxygen atoms in total. The van der Waals surface area contributed by atoms with Crippen molar-refractivity contribution >= 4 is 17.3 Å². The fourth-order valence-electron chi connectivity index (χ4n) is 1.99. The molecule has 2 aliphatic rings. The number of hydrogen-bond acceptors (Lipinski definition) is 1. The molecule has 2 fully saturated rings. The van der Waals surface area contributed by atoms with Crippen LogP contribution in [0.15, 0.2) is 0 Å². The maximum atomic E-state index is 5.28. The van der Waals surface area contributed by atoms with Gasteiger partial charge in [0.1, 0.15) is 0 Å². The van der Waals surface area contributed by atoms with Gasteiger partial charge in [0.05, 0.1) is 0 Å². The quantitative estimate of drug-likeness (QED) is 0.697. The maximum Gasteiger partial charge on any atom is 0.166 e. The molecule has 0 spiro atoms. The van der Waals surface area contributed by atoms with E-state index in [9.17, 15) is 0 Å². The Morgan fingerprint density at radius 1 is 1.07 bits per heavy atom. The molecule has 0 saturated heterocycles. The standard InChI is InChI=1S/C11H20N2S/c1-7(2)12-11(14)13-10(8-3-4-8)9-5-6-9/h7-10H,3-6H2,1-2H3,(H2,12,13,14). The van der Waals surface area contributed by atoms with Gasteiger partial charge in [0.25, 0.3) is 0 Å². The average molecular weight is 212 g/mol. The highest BCUT2D eigenvalue weighted by molar-refractivity contribution is 7.80. The molecule has 0 aromatic carbocycles. The number of nitrogens with one attached hydrogen (secondary N) is 2. The summed E-state index contributed by atoms with van der Waals surface area (Å²) in [6.07, 6.45) is 5.60. The van der Waals surface area contributed by atoms with E-state index < -0.39 is 0 Å². The van der Waals surface area contributed by atoms with Crippen LogP contribution in [0.5, 0.6) is 0 Å². The molecular formula is C11H20N2S. The third-order valence-electron chi connectivity index (χ3n) is 2.98. The highest BCUT2D eigenvalue weighted by Crippen LogP contribution is 2.44. The minimum Gasteiger partial charge on any atom is -0.361 e. The topological polar surface area (TPSA) is 24.1 Å². The molecule has 0 unspecified atom stereocenters. The van der Waals surface area contributed by atoms with E-state index in [1.807, 2.05) is 0 Å². The average Bonchev–Trinajstić information content (AvgIpc) is 2.94. The summed E-state index contributed by atoms with van der Waals surface area (Å²) in [4.78, 5) is 0. The lowest BCUT2D eigenvalue weighted by Crippen LogP contribution is -2.46. The summed E-state index contributed by atoms with van der Waals surface area (Å²) < 4.78 is 0. The van der Waals surface area contributed by atoms with Crippen LogP contribution in [0.3, 0.4) is 0 Å². The molecule has 2 rings (SSSR count). The molecule has 0 aromatic heterocycles. The second-order valence-electron chi connectivity index (χ2n) is 4.97. The normalized spacial score (nSPS) is 21.4. The van der Waals surface area contributed by atoms with Gasteiger partial charge in [-0.2, -0.15) is 0 Å². The van der Waals surface area contributed by atoms with Gasteiger partial charge in [-0.3, -0.25) is 0 Å². The Kier molecular flexibility index (Phi) is 2.96. The smallest absolute Gasteiger partial charge is 0.166 e. The Morgan fingerprint density at radius 3 is 1.93 bits per heavy atom. The Hall–Kier alpha value is -0.310. The van der Waals surface area contributed by atoms with Crippen LogP contribution in [0, 0.1) is 11.8 Å². The summed E-state index contributed by atoms with van der Waals surface area (Å²) in [5.41, 5.74) is 0. The minimum atomic E-state index is 0.439. The van der Waals surface area contributed by atoms with Crippen molar-refractivity contribution in [1.82, 2.24) is 10.6 Å². The second kappa shape index (κ2) is 4.05. The van der Waals surface area contributed by atoms with Crippen molar-refractivity contribution in [2.24, 2.45) is 11.8 Å². The summed E-state index contributed by atoms with van der Waals surface area (Å²) >= 11 is 5.28. The Morgan fingerprint density at radius 2 is 1.57 bits per heavy atom. The van der Waals surface area contributed by atoms with Gasteiger partial charge in [-0.05, 0) is 63.6 Å². The highest BCUT2D eigenvalue weighted by Gasteiger charge is 2.41. The van der Waals surface area contributed by atoms with Crippen molar-refractivity contribution in [2.75, 3.05) is 0 Å². The van der Waals surface area contributed by atoms with E-state index in [-0.39, 0.29) is 0 Å². The third-order valence-corrected chi connectivity index (χ3v) is 3.21. The van der Waals surface area contributed by atoms with Gasteiger partial charge in [-0.1, -0.05) is 0 Å². The molecule has 0 bridgehead atoms. The monoisotopic (exact) mass is 212 g/mol. The van der Waals surface area contributed by atoms with Gasteiger partial charge in [0.15, 0.2) is 5.11 Å². The lowest BCUT2D eigenvalue weighted by Gasteiger charge is -2.21. The van der Waals surface area contributed by atoms with Crippen LogP contribution in [-0.4, -0.2) is 17.2 Å². The van der Waals surface area contributed by atoms with Crippen LogP contribution in [0.2, 0.25) is 0 Å². The van der Waals surface area contributed by atoms with Crippen molar-refractivity contribution in [3.05, 3.63) is 0 Å². The molecule has 0 aromatic rings. The lowest BCUT2D eigenvalue weighted by atomic mass is 10.1. The molecule has 2 aliphatic carbocycles. The minimum absolute atomic E-state index is 0.439. The Labute approximate surface area is 91.8 Å². The van der Waals surface area contributed by atoms with Crippen LogP contribution >= 0.6 is 12.2 Å².